The second-order valence-corrected chi connectivity index (χ2v) is 0.966. The van der Waals surface area contributed by atoms with Gasteiger partial charge < -0.3 is 4.74 Å². The van der Waals surface area contributed by atoms with Crippen molar-refractivity contribution in [2.45, 2.75) is 6.43 Å². The molecule has 0 unspecified atom stereocenters. The molecule has 0 aliphatic rings. The van der Waals surface area contributed by atoms with Crippen LogP contribution >= 0.6 is 0 Å². The topological polar surface area (TPSA) is 9.23 Å². The molecule has 0 aromatic rings. The number of ether oxygens (including phenoxy) is 1. The highest BCUT2D eigenvalue weighted by Gasteiger charge is 1.98. The van der Waals surface area contributed by atoms with Crippen molar-refractivity contribution in [3.8, 4) is 0 Å². The van der Waals surface area contributed by atoms with Gasteiger partial charge in [0.2, 0.25) is 0 Å². The Kier molecular flexibility index (Phi) is 3.89. The molecule has 0 saturated carbocycles. The molecule has 1 nitrogen and oxygen atoms in total. The molecule has 0 spiro atoms. The van der Waals surface area contributed by atoms with Crippen LogP contribution < -0.4 is 0 Å². The number of rotatable bonds is 3. The lowest BCUT2D eigenvalue weighted by molar-refractivity contribution is 0.0280. The van der Waals surface area contributed by atoms with Gasteiger partial charge in [0.15, 0.2) is 0 Å². The molecule has 7 heavy (non-hydrogen) atoms. The Balaban J connectivity index is 2.68. The zero-order valence-electron chi connectivity index (χ0n) is 3.86. The summed E-state index contributed by atoms with van der Waals surface area (Å²) in [7, 11) is 0. The van der Waals surface area contributed by atoms with E-state index < -0.39 is 13.0 Å². The van der Waals surface area contributed by atoms with E-state index in [-0.39, 0.29) is 6.61 Å². The first kappa shape index (κ1) is 6.82. The summed E-state index contributed by atoms with van der Waals surface area (Å²) in [5, 5.41) is 0. The Morgan fingerprint density at radius 3 is 2.29 bits per heavy atom. The highest BCUT2D eigenvalue weighted by atomic mass is 19.3. The van der Waals surface area contributed by atoms with Crippen LogP contribution in [0.3, 0.4) is 0 Å². The molecule has 0 saturated heterocycles. The van der Waals surface area contributed by atoms with Gasteiger partial charge in [0.1, 0.15) is 6.61 Å². The summed E-state index contributed by atoms with van der Waals surface area (Å²) in [6, 6.07) is 0. The smallest absolute Gasteiger partial charge is 0.261 e. The fourth-order valence-corrected chi connectivity index (χ4v) is 0.172. The average Bonchev–Trinajstić information content (AvgIpc) is 1.61. The van der Waals surface area contributed by atoms with Crippen LogP contribution in [0, 0.1) is 6.92 Å². The summed E-state index contributed by atoms with van der Waals surface area (Å²) in [4.78, 5) is 0. The van der Waals surface area contributed by atoms with Gasteiger partial charge >= 0.3 is 0 Å². The van der Waals surface area contributed by atoms with E-state index in [1.54, 1.807) is 0 Å². The lowest BCUT2D eigenvalue weighted by Crippen LogP contribution is -2.02. The third-order valence-electron chi connectivity index (χ3n) is 0.388. The SMILES string of the molecule is [CH2]COCC(F)F. The van der Waals surface area contributed by atoms with Gasteiger partial charge in [-0.25, -0.2) is 8.78 Å². The van der Waals surface area contributed by atoms with Gasteiger partial charge in [-0.15, -0.1) is 0 Å². The van der Waals surface area contributed by atoms with E-state index in [2.05, 4.69) is 11.7 Å². The zero-order chi connectivity index (χ0) is 5.70. The highest BCUT2D eigenvalue weighted by molar-refractivity contribution is 4.34. The van der Waals surface area contributed by atoms with Crippen molar-refractivity contribution < 1.29 is 13.5 Å². The largest absolute Gasteiger partial charge is 0.376 e. The van der Waals surface area contributed by atoms with E-state index in [1.165, 1.54) is 0 Å². The van der Waals surface area contributed by atoms with Gasteiger partial charge in [0.05, 0.1) is 0 Å². The zero-order valence-corrected chi connectivity index (χ0v) is 3.86. The summed E-state index contributed by atoms with van der Waals surface area (Å²) in [5.41, 5.74) is 0. The molecule has 0 aromatic carbocycles. The molecule has 0 aliphatic heterocycles. The molecule has 0 atom stereocenters. The molecule has 3 heteroatoms. The summed E-state index contributed by atoms with van der Waals surface area (Å²) >= 11 is 0. The monoisotopic (exact) mass is 109 g/mol. The van der Waals surface area contributed by atoms with Gasteiger partial charge in [-0.05, 0) is 6.92 Å². The summed E-state index contributed by atoms with van der Waals surface area (Å²) in [5.74, 6) is 0. The van der Waals surface area contributed by atoms with Crippen molar-refractivity contribution in [1.82, 2.24) is 0 Å². The molecule has 0 N–H and O–H groups in total. The molecule has 0 fully saturated rings. The third-order valence-corrected chi connectivity index (χ3v) is 0.388. The van der Waals surface area contributed by atoms with E-state index in [0.717, 1.165) is 0 Å². The Labute approximate surface area is 41.3 Å². The fraction of sp³-hybridized carbons (Fsp3) is 0.750. The van der Waals surface area contributed by atoms with E-state index in [1.807, 2.05) is 0 Å². The first-order valence-electron chi connectivity index (χ1n) is 1.92. The van der Waals surface area contributed by atoms with Crippen LogP contribution in [-0.2, 0) is 4.74 Å². The molecule has 0 amide bonds. The molecule has 43 valence electrons. The predicted molar refractivity (Wildman–Crippen MR) is 22.2 cm³/mol. The number of alkyl halides is 2. The minimum absolute atomic E-state index is 0.115. The Morgan fingerprint density at radius 2 is 2.14 bits per heavy atom. The summed E-state index contributed by atoms with van der Waals surface area (Å²) < 4.78 is 26.4. The average molecular weight is 109 g/mol. The van der Waals surface area contributed by atoms with Gasteiger partial charge in [-0.3, -0.25) is 0 Å². The third kappa shape index (κ3) is 5.82. The maximum atomic E-state index is 11.1. The van der Waals surface area contributed by atoms with Crippen molar-refractivity contribution in [2.75, 3.05) is 13.2 Å². The lowest BCUT2D eigenvalue weighted by Gasteiger charge is -1.95. The maximum Gasteiger partial charge on any atom is 0.261 e. The minimum atomic E-state index is -2.36. The van der Waals surface area contributed by atoms with Crippen molar-refractivity contribution in [3.05, 3.63) is 6.92 Å². The minimum Gasteiger partial charge on any atom is -0.376 e. The van der Waals surface area contributed by atoms with Crippen LogP contribution in [0.4, 0.5) is 8.78 Å². The van der Waals surface area contributed by atoms with Crippen molar-refractivity contribution in [3.63, 3.8) is 0 Å². The Hall–Kier alpha value is -0.180. The standard InChI is InChI=1S/C4H7F2O/c1-2-7-3-4(5)6/h4H,1-3H2. The van der Waals surface area contributed by atoms with E-state index in [9.17, 15) is 8.78 Å². The number of hydrogen-bond donors (Lipinski definition) is 0. The Bertz CT molecular complexity index is 38.7. The van der Waals surface area contributed by atoms with E-state index in [0.29, 0.717) is 0 Å². The van der Waals surface area contributed by atoms with Crippen LogP contribution in [0.1, 0.15) is 0 Å². The van der Waals surface area contributed by atoms with Crippen molar-refractivity contribution in [1.29, 1.82) is 0 Å². The van der Waals surface area contributed by atoms with Crippen LogP contribution in [0.25, 0.3) is 0 Å². The molecule has 1 radical (unpaired) electrons. The van der Waals surface area contributed by atoms with Crippen LogP contribution in [0.5, 0.6) is 0 Å². The highest BCUT2D eigenvalue weighted by Crippen LogP contribution is 1.90. The van der Waals surface area contributed by atoms with Crippen molar-refractivity contribution >= 4 is 0 Å². The second kappa shape index (κ2) is 3.99. The van der Waals surface area contributed by atoms with Crippen molar-refractivity contribution in [2.24, 2.45) is 0 Å². The quantitative estimate of drug-likeness (QED) is 0.527. The van der Waals surface area contributed by atoms with Gasteiger partial charge in [-0.2, -0.15) is 0 Å². The second-order valence-electron chi connectivity index (χ2n) is 0.966. The molecule has 0 heterocycles. The molecular formula is C4H7F2O. The molecule has 0 aliphatic carbocycles. The summed E-state index contributed by atoms with van der Waals surface area (Å²) in [6.07, 6.45) is -2.36. The maximum absolute atomic E-state index is 11.1. The van der Waals surface area contributed by atoms with E-state index in [4.69, 9.17) is 0 Å². The van der Waals surface area contributed by atoms with E-state index >= 15 is 0 Å². The van der Waals surface area contributed by atoms with Crippen LogP contribution in [-0.4, -0.2) is 19.6 Å². The number of halogens is 2. The molecule has 0 aromatic heterocycles. The van der Waals surface area contributed by atoms with Crippen LogP contribution in [0.2, 0.25) is 0 Å². The number of hydrogen-bond acceptors (Lipinski definition) is 1. The molecule has 0 bridgehead atoms. The van der Waals surface area contributed by atoms with Gasteiger partial charge in [0, 0.05) is 6.61 Å². The van der Waals surface area contributed by atoms with Crippen LogP contribution in [0.15, 0.2) is 0 Å². The molecular weight excluding hydrogens is 102 g/mol. The summed E-state index contributed by atoms with van der Waals surface area (Å²) in [6.45, 7) is 2.82. The fourth-order valence-electron chi connectivity index (χ4n) is 0.172. The molecule has 0 rings (SSSR count). The first-order valence-corrected chi connectivity index (χ1v) is 1.92. The normalized spacial score (nSPS) is 10.3. The van der Waals surface area contributed by atoms with Gasteiger partial charge in [-0.1, -0.05) is 0 Å². The predicted octanol–water partition coefficient (Wildman–Crippen LogP) is 1.10. The lowest BCUT2D eigenvalue weighted by atomic mass is 10.7. The Morgan fingerprint density at radius 1 is 1.57 bits per heavy atom. The van der Waals surface area contributed by atoms with Gasteiger partial charge in [0.25, 0.3) is 6.43 Å². The first-order chi connectivity index (χ1) is 3.27.